The van der Waals surface area contributed by atoms with Crippen LogP contribution >= 0.6 is 0 Å². The minimum atomic E-state index is -4.23. The highest BCUT2D eigenvalue weighted by molar-refractivity contribution is 7.92. The third kappa shape index (κ3) is 5.41. The molecular formula is C22H25N3O7S2. The lowest BCUT2D eigenvalue weighted by Gasteiger charge is -2.17. The van der Waals surface area contributed by atoms with Crippen molar-refractivity contribution >= 4 is 42.6 Å². The zero-order chi connectivity index (χ0) is 24.3. The Bertz CT molecular complexity index is 1400. The summed E-state index contributed by atoms with van der Waals surface area (Å²) in [6.07, 6.45) is 3.32. The monoisotopic (exact) mass is 507 g/mol. The first-order valence-corrected chi connectivity index (χ1v) is 13.9. The second-order valence-corrected chi connectivity index (χ2v) is 11.7. The van der Waals surface area contributed by atoms with Crippen molar-refractivity contribution in [1.29, 1.82) is 0 Å². The number of anilines is 1. The average molecular weight is 508 g/mol. The van der Waals surface area contributed by atoms with E-state index in [0.717, 1.165) is 42.4 Å². The van der Waals surface area contributed by atoms with E-state index in [-0.39, 0.29) is 4.90 Å². The summed E-state index contributed by atoms with van der Waals surface area (Å²) in [5, 5.41) is 9.92. The van der Waals surface area contributed by atoms with E-state index in [9.17, 15) is 21.6 Å². The van der Waals surface area contributed by atoms with Gasteiger partial charge in [-0.2, -0.15) is 4.72 Å². The molecule has 1 atom stereocenters. The number of benzene rings is 2. The van der Waals surface area contributed by atoms with E-state index in [0.29, 0.717) is 11.3 Å². The minimum absolute atomic E-state index is 0.132. The molecule has 10 nitrogen and oxygen atoms in total. The van der Waals surface area contributed by atoms with Crippen molar-refractivity contribution in [3.8, 4) is 0 Å². The number of aryl methyl sites for hydroxylation is 2. The molecule has 12 heteroatoms. The molecule has 2 aromatic carbocycles. The van der Waals surface area contributed by atoms with Gasteiger partial charge in [0.25, 0.3) is 5.91 Å². The maximum atomic E-state index is 13.0. The van der Waals surface area contributed by atoms with Crippen LogP contribution < -0.4 is 14.9 Å². The molecule has 34 heavy (non-hydrogen) atoms. The number of hydroxylamine groups is 1. The maximum absolute atomic E-state index is 13.0. The van der Waals surface area contributed by atoms with Crippen LogP contribution in [0.1, 0.15) is 30.6 Å². The molecule has 0 saturated carbocycles. The lowest BCUT2D eigenvalue weighted by atomic mass is 9.96. The number of furan rings is 1. The molecule has 0 saturated heterocycles. The predicted molar refractivity (Wildman–Crippen MR) is 125 cm³/mol. The number of hydrogen-bond donors (Lipinski definition) is 4. The van der Waals surface area contributed by atoms with Crippen LogP contribution in [0.2, 0.25) is 0 Å². The van der Waals surface area contributed by atoms with Crippen molar-refractivity contribution in [2.45, 2.75) is 43.0 Å². The molecule has 4 rings (SSSR count). The summed E-state index contributed by atoms with van der Waals surface area (Å²) in [5.41, 5.74) is 3.25. The largest absolute Gasteiger partial charge is 0.461 e. The van der Waals surface area contributed by atoms with Gasteiger partial charge in [-0.1, -0.05) is 18.2 Å². The topological polar surface area (TPSA) is 155 Å². The molecule has 1 aliphatic rings. The zero-order valence-electron chi connectivity index (χ0n) is 18.2. The molecular weight excluding hydrogens is 482 g/mol. The Balaban J connectivity index is 1.51. The lowest BCUT2D eigenvalue weighted by Crippen LogP contribution is -2.46. The summed E-state index contributed by atoms with van der Waals surface area (Å²) in [6.45, 7) is 0. The van der Waals surface area contributed by atoms with Gasteiger partial charge >= 0.3 is 0 Å². The number of hydrogen-bond acceptors (Lipinski definition) is 7. The molecule has 0 bridgehead atoms. The summed E-state index contributed by atoms with van der Waals surface area (Å²) in [7, 11) is -8.12. The normalized spacial score (nSPS) is 15.0. The minimum Gasteiger partial charge on any atom is -0.461 e. The van der Waals surface area contributed by atoms with Gasteiger partial charge in [-0.3, -0.25) is 14.7 Å². The van der Waals surface area contributed by atoms with Crippen LogP contribution in [0.15, 0.2) is 57.8 Å². The first kappa shape index (κ1) is 24.2. The Morgan fingerprint density at radius 1 is 1.03 bits per heavy atom. The Labute approximate surface area is 197 Å². The highest BCUT2D eigenvalue weighted by atomic mass is 32.2. The molecule has 0 unspecified atom stereocenters. The van der Waals surface area contributed by atoms with Crippen molar-refractivity contribution in [2.24, 2.45) is 0 Å². The molecule has 1 aromatic heterocycles. The average Bonchev–Trinajstić information content (AvgIpc) is 3.19. The second kappa shape index (κ2) is 9.74. The molecule has 4 N–H and O–H groups in total. The number of rotatable bonds is 9. The van der Waals surface area contributed by atoms with E-state index in [4.69, 9.17) is 9.62 Å². The second-order valence-electron chi connectivity index (χ2n) is 8.09. The van der Waals surface area contributed by atoms with Gasteiger partial charge in [0.05, 0.1) is 10.6 Å². The molecule has 182 valence electrons. The van der Waals surface area contributed by atoms with Gasteiger partial charge in [-0.15, -0.1) is 0 Å². The number of para-hydroxylation sites is 1. The Morgan fingerprint density at radius 2 is 1.76 bits per heavy atom. The van der Waals surface area contributed by atoms with Crippen molar-refractivity contribution in [1.82, 2.24) is 10.2 Å². The summed E-state index contributed by atoms with van der Waals surface area (Å²) < 4.78 is 61.2. The highest BCUT2D eigenvalue weighted by Crippen LogP contribution is 2.33. The molecule has 1 amide bonds. The predicted octanol–water partition coefficient (Wildman–Crippen LogP) is 2.30. The third-order valence-corrected chi connectivity index (χ3v) is 8.47. The Hall–Kier alpha value is -2.93. The van der Waals surface area contributed by atoms with Gasteiger partial charge < -0.3 is 4.42 Å². The van der Waals surface area contributed by atoms with Gasteiger partial charge in [0.1, 0.15) is 17.4 Å². The Kier molecular flexibility index (Phi) is 6.94. The van der Waals surface area contributed by atoms with Crippen LogP contribution in [-0.4, -0.2) is 39.7 Å². The van der Waals surface area contributed by atoms with E-state index in [1.165, 1.54) is 17.6 Å². The number of carbonyl (C=O) groups is 1. The van der Waals surface area contributed by atoms with Gasteiger partial charge in [-0.05, 0) is 49.9 Å². The molecule has 0 radical (unpaired) electrons. The quantitative estimate of drug-likeness (QED) is 0.256. The van der Waals surface area contributed by atoms with Gasteiger partial charge in [-0.25, -0.2) is 22.3 Å². The fourth-order valence-corrected chi connectivity index (χ4v) is 6.39. The van der Waals surface area contributed by atoms with Crippen LogP contribution in [-0.2, 0) is 37.7 Å². The first-order valence-electron chi connectivity index (χ1n) is 10.7. The van der Waals surface area contributed by atoms with Gasteiger partial charge in [0.15, 0.2) is 0 Å². The van der Waals surface area contributed by atoms with E-state index in [2.05, 4.69) is 9.44 Å². The van der Waals surface area contributed by atoms with Crippen molar-refractivity contribution in [3.63, 3.8) is 0 Å². The fourth-order valence-electron chi connectivity index (χ4n) is 4.00. The number of fused-ring (bicyclic) bond motifs is 3. The molecule has 0 spiro atoms. The van der Waals surface area contributed by atoms with E-state index >= 15 is 0 Å². The van der Waals surface area contributed by atoms with Crippen LogP contribution in [0, 0.1) is 0 Å². The number of sulfonamides is 2. The van der Waals surface area contributed by atoms with Crippen LogP contribution in [0.25, 0.3) is 11.0 Å². The summed E-state index contributed by atoms with van der Waals surface area (Å²) in [4.78, 5) is 12.0. The smallest absolute Gasteiger partial charge is 0.261 e. The molecule has 0 fully saturated rings. The SMILES string of the molecule is O=C(NO)[C@@H](CCS(=O)(=O)Nc1ccccc1)NS(=O)(=O)c1ccc2c3c(oc2c1)CCCC3. The molecule has 0 aliphatic heterocycles. The fraction of sp³-hybridized carbons (Fsp3) is 0.318. The third-order valence-electron chi connectivity index (χ3n) is 5.69. The molecule has 3 aromatic rings. The van der Waals surface area contributed by atoms with E-state index in [1.54, 1.807) is 36.4 Å². The van der Waals surface area contributed by atoms with Crippen LogP contribution in [0.5, 0.6) is 0 Å². The van der Waals surface area contributed by atoms with E-state index in [1.807, 2.05) is 0 Å². The van der Waals surface area contributed by atoms with Crippen molar-refractivity contribution in [2.75, 3.05) is 10.5 Å². The van der Waals surface area contributed by atoms with Gasteiger partial charge in [0, 0.05) is 29.1 Å². The molecule has 1 heterocycles. The summed E-state index contributed by atoms with van der Waals surface area (Å²) >= 11 is 0. The number of amides is 1. The first-order chi connectivity index (χ1) is 16.2. The summed E-state index contributed by atoms with van der Waals surface area (Å²) in [5.74, 6) is -0.780. The standard InChI is InChI=1S/C22H25N3O7S2/c26-22(23-27)19(12-13-33(28,29)24-15-6-2-1-3-7-15)25-34(30,31)16-10-11-18-17-8-4-5-9-20(17)32-21(18)14-16/h1-3,6-7,10-11,14,19,24-25,27H,4-5,8-9,12-13H2,(H,23,26)/t19-/m1/s1. The maximum Gasteiger partial charge on any atom is 0.261 e. The van der Waals surface area contributed by atoms with Crippen molar-refractivity contribution in [3.05, 3.63) is 59.9 Å². The zero-order valence-corrected chi connectivity index (χ0v) is 19.8. The lowest BCUT2D eigenvalue weighted by molar-refractivity contribution is -0.130. The van der Waals surface area contributed by atoms with Crippen LogP contribution in [0.3, 0.4) is 0 Å². The molecule has 1 aliphatic carbocycles. The summed E-state index contributed by atoms with van der Waals surface area (Å²) in [6, 6.07) is 11.1. The number of nitrogens with one attached hydrogen (secondary N) is 3. The Morgan fingerprint density at radius 3 is 2.50 bits per heavy atom. The van der Waals surface area contributed by atoms with Crippen molar-refractivity contribution < 1.29 is 31.3 Å². The van der Waals surface area contributed by atoms with E-state index < -0.39 is 44.2 Å². The highest BCUT2D eigenvalue weighted by Gasteiger charge is 2.28. The van der Waals surface area contributed by atoms with Crippen LogP contribution in [0.4, 0.5) is 5.69 Å². The van der Waals surface area contributed by atoms with Gasteiger partial charge in [0.2, 0.25) is 20.0 Å². The number of carbonyl (C=O) groups excluding carboxylic acids is 1.